The fourth-order valence-corrected chi connectivity index (χ4v) is 2.43. The van der Waals surface area contributed by atoms with Crippen LogP contribution in [-0.4, -0.2) is 76.6 Å². The molecule has 0 radical (unpaired) electrons. The molecule has 0 bridgehead atoms. The molecule has 1 aliphatic heterocycles. The molecule has 132 valence electrons. The lowest BCUT2D eigenvalue weighted by Gasteiger charge is -2.27. The molecular formula is C15H33IN4O2. The van der Waals surface area contributed by atoms with Crippen LogP contribution in [0, 0.1) is 0 Å². The fraction of sp³-hybridized carbons (Fsp3) is 0.933. The van der Waals surface area contributed by atoms with Gasteiger partial charge in [-0.05, 0) is 33.2 Å². The van der Waals surface area contributed by atoms with Gasteiger partial charge in [0.05, 0.1) is 12.2 Å². The summed E-state index contributed by atoms with van der Waals surface area (Å²) in [4.78, 5) is 6.76. The fourth-order valence-electron chi connectivity index (χ4n) is 2.43. The lowest BCUT2D eigenvalue weighted by molar-refractivity contribution is 0.0268. The third-order valence-electron chi connectivity index (χ3n) is 4.04. The average molecular weight is 428 g/mol. The number of nitrogens with one attached hydrogen (secondary N) is 2. The molecule has 6 nitrogen and oxygen atoms in total. The van der Waals surface area contributed by atoms with Gasteiger partial charge in [-0.3, -0.25) is 9.89 Å². The zero-order chi connectivity index (χ0) is 15.7. The lowest BCUT2D eigenvalue weighted by atomic mass is 10.1. The number of guanidine groups is 1. The first-order valence-electron chi connectivity index (χ1n) is 7.75. The van der Waals surface area contributed by atoms with Crippen molar-refractivity contribution in [2.75, 3.05) is 54.1 Å². The molecule has 0 aliphatic carbocycles. The van der Waals surface area contributed by atoms with Gasteiger partial charge in [-0.1, -0.05) is 0 Å². The summed E-state index contributed by atoms with van der Waals surface area (Å²) in [5.41, 5.74) is -0.199. The Hall–Kier alpha value is -0.120. The van der Waals surface area contributed by atoms with Gasteiger partial charge in [0, 0.05) is 46.9 Å². The zero-order valence-electron chi connectivity index (χ0n) is 14.6. The monoisotopic (exact) mass is 428 g/mol. The third-order valence-corrected chi connectivity index (χ3v) is 4.04. The van der Waals surface area contributed by atoms with Crippen LogP contribution < -0.4 is 10.6 Å². The van der Waals surface area contributed by atoms with Gasteiger partial charge in [0.25, 0.3) is 0 Å². The molecule has 0 aromatic heterocycles. The number of hydrogen-bond donors (Lipinski definition) is 2. The summed E-state index contributed by atoms with van der Waals surface area (Å²) < 4.78 is 10.6. The number of rotatable bonds is 8. The van der Waals surface area contributed by atoms with E-state index in [1.165, 1.54) is 19.4 Å². The van der Waals surface area contributed by atoms with Crippen LogP contribution in [0.5, 0.6) is 0 Å². The highest BCUT2D eigenvalue weighted by molar-refractivity contribution is 14.0. The molecule has 1 atom stereocenters. The standard InChI is InChI=1S/C15H32N4O2.HI/c1-15(2,21-5)12-18-14(16-3)17-11-13-7-6-8-19(13)9-10-20-4;/h13H,6-12H2,1-5H3,(H2,16,17,18);1H. The van der Waals surface area contributed by atoms with Crippen molar-refractivity contribution in [2.45, 2.75) is 38.3 Å². The first kappa shape index (κ1) is 21.9. The van der Waals surface area contributed by atoms with E-state index in [9.17, 15) is 0 Å². The molecular weight excluding hydrogens is 395 g/mol. The smallest absolute Gasteiger partial charge is 0.191 e. The molecule has 2 N–H and O–H groups in total. The van der Waals surface area contributed by atoms with E-state index in [-0.39, 0.29) is 29.6 Å². The van der Waals surface area contributed by atoms with E-state index in [1.54, 1.807) is 21.3 Å². The van der Waals surface area contributed by atoms with Crippen molar-refractivity contribution in [3.63, 3.8) is 0 Å². The van der Waals surface area contributed by atoms with Gasteiger partial charge in [0.15, 0.2) is 5.96 Å². The molecule has 1 heterocycles. The minimum atomic E-state index is -0.199. The van der Waals surface area contributed by atoms with Crippen molar-refractivity contribution in [3.05, 3.63) is 0 Å². The van der Waals surface area contributed by atoms with Crippen LogP contribution in [0.1, 0.15) is 26.7 Å². The van der Waals surface area contributed by atoms with Crippen LogP contribution in [0.15, 0.2) is 4.99 Å². The number of halogens is 1. The maximum absolute atomic E-state index is 5.40. The van der Waals surface area contributed by atoms with E-state index in [0.29, 0.717) is 6.04 Å². The molecule has 0 aromatic rings. The average Bonchev–Trinajstić information content (AvgIpc) is 2.92. The van der Waals surface area contributed by atoms with Crippen molar-refractivity contribution < 1.29 is 9.47 Å². The van der Waals surface area contributed by atoms with Gasteiger partial charge in [0.1, 0.15) is 0 Å². The maximum Gasteiger partial charge on any atom is 0.191 e. The molecule has 0 saturated carbocycles. The van der Waals surface area contributed by atoms with E-state index in [2.05, 4.69) is 34.4 Å². The molecule has 7 heteroatoms. The van der Waals surface area contributed by atoms with Crippen molar-refractivity contribution in [3.8, 4) is 0 Å². The molecule has 1 aliphatic rings. The Morgan fingerprint density at radius 2 is 2.05 bits per heavy atom. The summed E-state index contributed by atoms with van der Waals surface area (Å²) in [7, 11) is 5.28. The Kier molecular flexibility index (Phi) is 11.4. The predicted octanol–water partition coefficient (Wildman–Crippen LogP) is 1.31. The second-order valence-electron chi connectivity index (χ2n) is 6.10. The Morgan fingerprint density at radius 1 is 1.32 bits per heavy atom. The highest BCUT2D eigenvalue weighted by atomic mass is 127. The summed E-state index contributed by atoms with van der Waals surface area (Å²) >= 11 is 0. The van der Waals surface area contributed by atoms with Gasteiger partial charge < -0.3 is 20.1 Å². The number of ether oxygens (including phenoxy) is 2. The molecule has 1 rings (SSSR count). The third kappa shape index (κ3) is 7.94. The molecule has 1 fully saturated rings. The zero-order valence-corrected chi connectivity index (χ0v) is 17.0. The number of aliphatic imine (C=N–C) groups is 1. The van der Waals surface area contributed by atoms with E-state index in [4.69, 9.17) is 9.47 Å². The minimum absolute atomic E-state index is 0. The SMILES string of the molecule is CN=C(NCC1CCCN1CCOC)NCC(C)(C)OC.I. The second-order valence-corrected chi connectivity index (χ2v) is 6.10. The quantitative estimate of drug-likeness (QED) is 0.347. The topological polar surface area (TPSA) is 58.1 Å². The van der Waals surface area contributed by atoms with Crippen molar-refractivity contribution in [1.82, 2.24) is 15.5 Å². The van der Waals surface area contributed by atoms with Crippen molar-refractivity contribution in [1.29, 1.82) is 0 Å². The van der Waals surface area contributed by atoms with Gasteiger partial charge in [-0.25, -0.2) is 0 Å². The molecule has 1 unspecified atom stereocenters. The van der Waals surface area contributed by atoms with E-state index < -0.39 is 0 Å². The predicted molar refractivity (Wildman–Crippen MR) is 102 cm³/mol. The van der Waals surface area contributed by atoms with Crippen LogP contribution in [0.3, 0.4) is 0 Å². The van der Waals surface area contributed by atoms with E-state index in [1.807, 2.05) is 0 Å². The van der Waals surface area contributed by atoms with Crippen molar-refractivity contribution in [2.24, 2.45) is 4.99 Å². The highest BCUT2D eigenvalue weighted by Gasteiger charge is 2.24. The second kappa shape index (κ2) is 11.4. The molecule has 0 spiro atoms. The number of nitrogens with zero attached hydrogens (tertiary/aromatic N) is 2. The number of hydrogen-bond acceptors (Lipinski definition) is 4. The maximum atomic E-state index is 5.40. The van der Waals surface area contributed by atoms with Gasteiger partial charge in [-0.15, -0.1) is 24.0 Å². The summed E-state index contributed by atoms with van der Waals surface area (Å²) in [6.45, 7) is 8.71. The number of methoxy groups -OCH3 is 2. The Labute approximate surface area is 152 Å². The summed E-state index contributed by atoms with van der Waals surface area (Å²) in [5, 5.41) is 6.73. The van der Waals surface area contributed by atoms with Crippen LogP contribution in [-0.2, 0) is 9.47 Å². The normalized spacial score (nSPS) is 19.9. The Balaban J connectivity index is 0.00000441. The molecule has 1 saturated heterocycles. The highest BCUT2D eigenvalue weighted by Crippen LogP contribution is 2.15. The molecule has 0 amide bonds. The van der Waals surface area contributed by atoms with Gasteiger partial charge >= 0.3 is 0 Å². The van der Waals surface area contributed by atoms with Crippen molar-refractivity contribution >= 4 is 29.9 Å². The largest absolute Gasteiger partial charge is 0.383 e. The minimum Gasteiger partial charge on any atom is -0.383 e. The van der Waals surface area contributed by atoms with Crippen LogP contribution >= 0.6 is 24.0 Å². The van der Waals surface area contributed by atoms with E-state index >= 15 is 0 Å². The van der Waals surface area contributed by atoms with E-state index in [0.717, 1.165) is 32.2 Å². The first-order valence-corrected chi connectivity index (χ1v) is 7.75. The Morgan fingerprint density at radius 3 is 2.64 bits per heavy atom. The first-order chi connectivity index (χ1) is 10.0. The molecule has 0 aromatic carbocycles. The van der Waals surface area contributed by atoms with Crippen LogP contribution in [0.4, 0.5) is 0 Å². The summed E-state index contributed by atoms with van der Waals surface area (Å²) in [6, 6.07) is 0.564. The lowest BCUT2D eigenvalue weighted by Crippen LogP contribution is -2.48. The summed E-state index contributed by atoms with van der Waals surface area (Å²) in [6.07, 6.45) is 2.50. The van der Waals surface area contributed by atoms with Gasteiger partial charge in [0.2, 0.25) is 0 Å². The Bertz CT molecular complexity index is 327. The summed E-state index contributed by atoms with van der Waals surface area (Å²) in [5.74, 6) is 0.832. The molecule has 22 heavy (non-hydrogen) atoms. The number of likely N-dealkylation sites (tertiary alicyclic amines) is 1. The van der Waals surface area contributed by atoms with Gasteiger partial charge in [-0.2, -0.15) is 0 Å². The van der Waals surface area contributed by atoms with Crippen LogP contribution in [0.2, 0.25) is 0 Å². The van der Waals surface area contributed by atoms with Crippen LogP contribution in [0.25, 0.3) is 0 Å².